The van der Waals surface area contributed by atoms with E-state index < -0.39 is 21.9 Å². The van der Waals surface area contributed by atoms with E-state index in [0.29, 0.717) is 26.2 Å². The Morgan fingerprint density at radius 1 is 1.05 bits per heavy atom. The third-order valence-electron chi connectivity index (χ3n) is 6.03. The number of hydrogen-bond acceptors (Lipinski definition) is 8. The van der Waals surface area contributed by atoms with Crippen LogP contribution in [-0.4, -0.2) is 70.6 Å². The molecule has 1 amide bonds. The summed E-state index contributed by atoms with van der Waals surface area (Å²) in [7, 11) is -4.10. The van der Waals surface area contributed by atoms with E-state index in [-0.39, 0.29) is 42.8 Å². The number of esters is 1. The zero-order valence-electron chi connectivity index (χ0n) is 20.0. The lowest BCUT2D eigenvalue weighted by Crippen LogP contribution is -2.50. The molecule has 1 saturated heterocycles. The molecule has 4 aromatic rings. The van der Waals surface area contributed by atoms with Gasteiger partial charge in [-0.3, -0.25) is 9.59 Å². The lowest BCUT2D eigenvalue weighted by atomic mass is 10.1. The van der Waals surface area contributed by atoms with E-state index in [1.807, 2.05) is 0 Å². The largest absolute Gasteiger partial charge is 0.619 e. The predicted octanol–water partition coefficient (Wildman–Crippen LogP) is 1.98. The molecule has 0 unspecified atom stereocenters. The number of aromatic amines is 1. The lowest BCUT2D eigenvalue weighted by Gasteiger charge is -2.33. The number of piperazine rings is 1. The van der Waals surface area contributed by atoms with Crippen molar-refractivity contribution in [2.45, 2.75) is 11.9 Å². The van der Waals surface area contributed by atoms with Crippen LogP contribution in [-0.2, 0) is 14.8 Å². The molecular weight excluding hydrogens is 536 g/mol. The number of rotatable bonds is 5. The van der Waals surface area contributed by atoms with Crippen molar-refractivity contribution in [3.63, 3.8) is 0 Å². The van der Waals surface area contributed by atoms with E-state index in [1.54, 1.807) is 24.3 Å². The summed E-state index contributed by atoms with van der Waals surface area (Å²) in [6.45, 7) is 1.43. The second-order valence-electron chi connectivity index (χ2n) is 8.51. The molecule has 1 aliphatic heterocycles. The van der Waals surface area contributed by atoms with E-state index >= 15 is 0 Å². The van der Waals surface area contributed by atoms with Crippen molar-refractivity contribution >= 4 is 44.4 Å². The number of ether oxygens (including phenoxy) is 1. The molecule has 4 heterocycles. The highest BCUT2D eigenvalue weighted by Crippen LogP contribution is 2.36. The van der Waals surface area contributed by atoms with Crippen LogP contribution in [0.1, 0.15) is 17.5 Å². The SMILES string of the molecule is CC(=O)Oc1c(S(=O)(=O)N2CCN(C(=O)c3ncc(-c4cc[n+]([O-])cc4)cn3)CC2)[nH]c2ccc(Cl)cc12. The van der Waals surface area contributed by atoms with Gasteiger partial charge in [0.1, 0.15) is 0 Å². The zero-order chi connectivity index (χ0) is 27.0. The Morgan fingerprint density at radius 3 is 2.34 bits per heavy atom. The number of fused-ring (bicyclic) bond motifs is 1. The summed E-state index contributed by atoms with van der Waals surface area (Å²) < 4.78 is 34.2. The highest BCUT2D eigenvalue weighted by atomic mass is 35.5. The van der Waals surface area contributed by atoms with Crippen LogP contribution in [0.25, 0.3) is 22.0 Å². The lowest BCUT2D eigenvalue weighted by molar-refractivity contribution is -0.605. The van der Waals surface area contributed by atoms with Crippen LogP contribution >= 0.6 is 11.6 Å². The normalized spacial score (nSPS) is 14.5. The number of sulfonamides is 1. The van der Waals surface area contributed by atoms with Crippen molar-refractivity contribution in [2.24, 2.45) is 0 Å². The van der Waals surface area contributed by atoms with E-state index in [1.165, 1.54) is 47.0 Å². The molecule has 0 spiro atoms. The van der Waals surface area contributed by atoms with Gasteiger partial charge in [0.15, 0.2) is 23.2 Å². The molecule has 1 fully saturated rings. The maximum atomic E-state index is 13.5. The molecule has 196 valence electrons. The van der Waals surface area contributed by atoms with Crippen LogP contribution in [0.3, 0.4) is 0 Å². The Balaban J connectivity index is 1.31. The number of carbonyl (C=O) groups excluding carboxylic acids is 2. The molecule has 5 rings (SSSR count). The second-order valence-corrected chi connectivity index (χ2v) is 10.8. The van der Waals surface area contributed by atoms with Crippen molar-refractivity contribution in [1.82, 2.24) is 24.2 Å². The van der Waals surface area contributed by atoms with E-state index in [2.05, 4.69) is 15.0 Å². The number of pyridine rings is 1. The van der Waals surface area contributed by atoms with Gasteiger partial charge < -0.3 is 19.8 Å². The molecule has 38 heavy (non-hydrogen) atoms. The van der Waals surface area contributed by atoms with Gasteiger partial charge in [0.25, 0.3) is 15.9 Å². The molecule has 0 saturated carbocycles. The van der Waals surface area contributed by atoms with Gasteiger partial charge in [-0.1, -0.05) is 11.6 Å². The van der Waals surface area contributed by atoms with Crippen molar-refractivity contribution in [3.05, 3.63) is 71.2 Å². The third-order valence-corrected chi connectivity index (χ3v) is 8.11. The summed E-state index contributed by atoms with van der Waals surface area (Å²) in [4.78, 5) is 37.3. The molecule has 1 aromatic carbocycles. The fraction of sp³-hybridized carbons (Fsp3) is 0.208. The van der Waals surface area contributed by atoms with Gasteiger partial charge in [-0.25, -0.2) is 18.4 Å². The summed E-state index contributed by atoms with van der Waals surface area (Å²) in [5, 5.41) is 11.7. The number of benzene rings is 1. The molecule has 3 aromatic heterocycles. The summed E-state index contributed by atoms with van der Waals surface area (Å²) in [6.07, 6.45) is 5.68. The third kappa shape index (κ3) is 4.90. The van der Waals surface area contributed by atoms with Crippen LogP contribution < -0.4 is 9.47 Å². The number of carbonyl (C=O) groups is 2. The van der Waals surface area contributed by atoms with Crippen LogP contribution in [0.2, 0.25) is 5.02 Å². The van der Waals surface area contributed by atoms with Gasteiger partial charge >= 0.3 is 5.97 Å². The van der Waals surface area contributed by atoms with Gasteiger partial charge in [-0.05, 0) is 23.8 Å². The average Bonchev–Trinajstić information content (AvgIpc) is 3.26. The molecule has 0 atom stereocenters. The fourth-order valence-corrected chi connectivity index (χ4v) is 5.84. The summed E-state index contributed by atoms with van der Waals surface area (Å²) in [5.41, 5.74) is 1.81. The highest BCUT2D eigenvalue weighted by molar-refractivity contribution is 7.89. The van der Waals surface area contributed by atoms with Gasteiger partial charge in [0.05, 0.1) is 5.52 Å². The number of H-pyrrole nitrogens is 1. The van der Waals surface area contributed by atoms with Gasteiger partial charge in [0.2, 0.25) is 5.82 Å². The topological polar surface area (TPSA) is 152 Å². The number of nitrogens with zero attached hydrogens (tertiary/aromatic N) is 5. The number of halogens is 1. The summed E-state index contributed by atoms with van der Waals surface area (Å²) >= 11 is 6.07. The number of amides is 1. The Kier molecular flexibility index (Phi) is 6.73. The Bertz CT molecular complexity index is 1630. The first-order chi connectivity index (χ1) is 18.1. The van der Waals surface area contributed by atoms with Gasteiger partial charge in [0, 0.05) is 73.6 Å². The van der Waals surface area contributed by atoms with Crippen LogP contribution in [0.15, 0.2) is 60.1 Å². The van der Waals surface area contributed by atoms with Crippen LogP contribution in [0, 0.1) is 5.21 Å². The second kappa shape index (κ2) is 10.0. The quantitative estimate of drug-likeness (QED) is 0.222. The summed E-state index contributed by atoms with van der Waals surface area (Å²) in [6, 6.07) is 7.94. The van der Waals surface area contributed by atoms with Gasteiger partial charge in [-0.15, -0.1) is 0 Å². The van der Waals surface area contributed by atoms with Crippen molar-refractivity contribution in [1.29, 1.82) is 0 Å². The zero-order valence-corrected chi connectivity index (χ0v) is 21.6. The average molecular weight is 557 g/mol. The molecule has 14 heteroatoms. The maximum Gasteiger partial charge on any atom is 0.308 e. The van der Waals surface area contributed by atoms with Crippen LogP contribution in [0.4, 0.5) is 0 Å². The first-order valence-corrected chi connectivity index (χ1v) is 13.3. The Morgan fingerprint density at radius 2 is 1.71 bits per heavy atom. The Labute approximate surface area is 222 Å². The fourth-order valence-electron chi connectivity index (χ4n) is 4.14. The number of nitrogens with one attached hydrogen (secondary N) is 1. The molecule has 0 bridgehead atoms. The minimum Gasteiger partial charge on any atom is -0.619 e. The van der Waals surface area contributed by atoms with Crippen molar-refractivity contribution in [3.8, 4) is 16.9 Å². The first kappa shape index (κ1) is 25.6. The van der Waals surface area contributed by atoms with Crippen molar-refractivity contribution in [2.75, 3.05) is 26.2 Å². The van der Waals surface area contributed by atoms with Crippen molar-refractivity contribution < 1.29 is 27.5 Å². The molecule has 1 aliphatic rings. The molecule has 1 N–H and O–H groups in total. The van der Waals surface area contributed by atoms with Gasteiger partial charge in [-0.2, -0.15) is 9.04 Å². The molecular formula is C24H21ClN6O6S. The molecule has 0 aliphatic carbocycles. The van der Waals surface area contributed by atoms with E-state index in [9.17, 15) is 23.2 Å². The number of hydrogen-bond donors (Lipinski definition) is 1. The molecule has 12 nitrogen and oxygen atoms in total. The number of aromatic nitrogens is 4. The highest BCUT2D eigenvalue weighted by Gasteiger charge is 2.35. The smallest absolute Gasteiger partial charge is 0.308 e. The van der Waals surface area contributed by atoms with E-state index in [0.717, 1.165) is 5.56 Å². The van der Waals surface area contributed by atoms with E-state index in [4.69, 9.17) is 16.3 Å². The minimum atomic E-state index is -4.10. The summed E-state index contributed by atoms with van der Waals surface area (Å²) in [5.74, 6) is -1.25. The minimum absolute atomic E-state index is 0.0149. The Hall–Kier alpha value is -4.07. The van der Waals surface area contributed by atoms with Crippen LogP contribution in [0.5, 0.6) is 5.75 Å². The monoisotopic (exact) mass is 556 g/mol. The molecule has 0 radical (unpaired) electrons. The maximum absolute atomic E-state index is 13.5. The first-order valence-electron chi connectivity index (χ1n) is 11.4. The standard InChI is InChI=1S/C24H21ClN6O6S/c1-15(32)37-21-19-12-18(25)2-3-20(19)28-23(21)38(35,36)31-10-8-29(9-11-31)24(33)22-26-13-17(14-27-22)16-4-6-30(34)7-5-16/h2-7,12-14,28H,8-11H2,1H3. The predicted molar refractivity (Wildman–Crippen MR) is 136 cm³/mol.